The quantitative estimate of drug-likeness (QED) is 0.365. The predicted molar refractivity (Wildman–Crippen MR) is 110 cm³/mol. The molecule has 0 aliphatic rings. The van der Waals surface area contributed by atoms with Gasteiger partial charge in [0, 0.05) is 24.2 Å². The molecule has 0 aliphatic heterocycles. The normalized spacial score (nSPS) is 10.8. The monoisotopic (exact) mass is 430 g/mol. The Morgan fingerprint density at radius 1 is 0.759 bits per heavy atom. The Labute approximate surface area is 176 Å². The van der Waals surface area contributed by atoms with E-state index in [0.29, 0.717) is 0 Å². The molecule has 0 aromatic carbocycles. The van der Waals surface area contributed by atoms with E-state index in [0.717, 1.165) is 26.2 Å². The van der Waals surface area contributed by atoms with Crippen LogP contribution in [0.1, 0.15) is 65.0 Å². The molecule has 2 heterocycles. The molecule has 0 fully saturated rings. The zero-order valence-corrected chi connectivity index (χ0v) is 19.6. The van der Waals surface area contributed by atoms with Crippen LogP contribution in [-0.4, -0.2) is 26.7 Å². The minimum Gasteiger partial charge on any atom is -0.759 e. The van der Waals surface area contributed by atoms with Gasteiger partial charge in [0.15, 0.2) is 0 Å². The summed E-state index contributed by atoms with van der Waals surface area (Å²) in [5.41, 5.74) is 0. The van der Waals surface area contributed by atoms with Gasteiger partial charge in [0.1, 0.15) is 24.8 Å². The fourth-order valence-electron chi connectivity index (χ4n) is 2.99. The lowest BCUT2D eigenvalue weighted by Crippen LogP contribution is -2.35. The molecule has 0 bridgehead atoms. The van der Waals surface area contributed by atoms with Crippen LogP contribution in [0.15, 0.2) is 24.8 Å². The van der Waals surface area contributed by atoms with Crippen molar-refractivity contribution in [3.8, 4) is 0 Å². The van der Waals surface area contributed by atoms with Crippen LogP contribution in [0.4, 0.5) is 0 Å². The molecule has 29 heavy (non-hydrogen) atoms. The molecular weight excluding hydrogens is 392 g/mol. The van der Waals surface area contributed by atoms with E-state index in [1.165, 1.54) is 37.3 Å². The van der Waals surface area contributed by atoms with Gasteiger partial charge in [-0.1, -0.05) is 27.7 Å². The Kier molecular flexibility index (Phi) is 13.5. The average Bonchev–Trinajstić information content (AvgIpc) is 3.14. The van der Waals surface area contributed by atoms with Crippen molar-refractivity contribution in [2.45, 2.75) is 93.4 Å². The number of hydrogen-bond donors (Lipinski definition) is 0. The molecule has 0 atom stereocenters. The first-order chi connectivity index (χ1) is 13.6. The van der Waals surface area contributed by atoms with Gasteiger partial charge in [-0.15, -0.1) is 0 Å². The van der Waals surface area contributed by atoms with Gasteiger partial charge in [-0.05, 0) is 25.7 Å². The van der Waals surface area contributed by atoms with Crippen molar-refractivity contribution in [1.82, 2.24) is 9.13 Å². The molecule has 0 N–H and O–H groups in total. The van der Waals surface area contributed by atoms with Crippen molar-refractivity contribution in [2.75, 3.05) is 0 Å². The van der Waals surface area contributed by atoms with E-state index in [-0.39, 0.29) is 0 Å². The maximum absolute atomic E-state index is 8.52. The van der Waals surface area contributed by atoms with Crippen LogP contribution >= 0.6 is 0 Å². The summed E-state index contributed by atoms with van der Waals surface area (Å²) in [6.07, 6.45) is 13.5. The Morgan fingerprint density at radius 2 is 1.07 bits per heavy atom. The van der Waals surface area contributed by atoms with E-state index in [1.807, 2.05) is 0 Å². The van der Waals surface area contributed by atoms with Gasteiger partial charge in [-0.25, -0.2) is 18.3 Å². The molecule has 0 saturated heterocycles. The second-order valence-corrected chi connectivity index (χ2v) is 7.69. The van der Waals surface area contributed by atoms with Gasteiger partial charge < -0.3 is 9.11 Å². The highest BCUT2D eigenvalue weighted by atomic mass is 32.3. The number of imidazole rings is 2. The first-order valence-electron chi connectivity index (χ1n) is 10.4. The summed E-state index contributed by atoms with van der Waals surface area (Å²) in [6, 6.07) is 0. The Morgan fingerprint density at radius 3 is 1.31 bits per heavy atom. The van der Waals surface area contributed by atoms with Gasteiger partial charge in [0.05, 0.1) is 26.2 Å². The third-order valence-corrected chi connectivity index (χ3v) is 4.37. The van der Waals surface area contributed by atoms with Crippen molar-refractivity contribution < 1.29 is 26.7 Å². The molecule has 0 saturated carbocycles. The van der Waals surface area contributed by atoms with Crippen LogP contribution in [0, 0.1) is 13.8 Å². The lowest BCUT2D eigenvalue weighted by atomic mass is 10.4. The molecule has 0 aliphatic carbocycles. The number of hydrogen-bond acceptors (Lipinski definition) is 4. The van der Waals surface area contributed by atoms with Crippen molar-refractivity contribution in [3.05, 3.63) is 36.4 Å². The fraction of sp³-hybridized carbons (Fsp3) is 0.700. The van der Waals surface area contributed by atoms with Gasteiger partial charge in [-0.3, -0.25) is 8.42 Å². The average molecular weight is 431 g/mol. The fourth-order valence-corrected chi connectivity index (χ4v) is 2.99. The van der Waals surface area contributed by atoms with E-state index in [9.17, 15) is 0 Å². The number of nitrogens with zero attached hydrogens (tertiary/aromatic N) is 4. The number of aromatic nitrogens is 4. The molecule has 0 radical (unpaired) electrons. The van der Waals surface area contributed by atoms with Crippen LogP contribution in [0.25, 0.3) is 0 Å². The molecule has 2 aromatic heterocycles. The minimum atomic E-state index is -5.17. The predicted octanol–water partition coefficient (Wildman–Crippen LogP) is 2.47. The highest BCUT2D eigenvalue weighted by molar-refractivity contribution is 7.79. The highest BCUT2D eigenvalue weighted by Gasteiger charge is 2.10. The van der Waals surface area contributed by atoms with Crippen molar-refractivity contribution >= 4 is 10.4 Å². The first kappa shape index (κ1) is 27.3. The molecule has 2 aromatic rings. The minimum absolute atomic E-state index is 1.14. The zero-order valence-electron chi connectivity index (χ0n) is 18.8. The second kappa shape index (κ2) is 14.3. The standard InChI is InChI=1S/2C10H19N2.H2O4S/c2*1-4-6-11-8-9-12(7-5-2)10(11)3;1-5(2,3)4/h2*8-9H,4-7H2,1-3H3;(H2,1,2,3,4)/q2*+1;/p-2. The second-order valence-electron chi connectivity index (χ2n) is 6.87. The smallest absolute Gasteiger partial charge is 0.253 e. The van der Waals surface area contributed by atoms with Crippen LogP contribution < -0.4 is 9.13 Å². The van der Waals surface area contributed by atoms with E-state index >= 15 is 0 Å². The van der Waals surface area contributed by atoms with Crippen LogP contribution in [0.5, 0.6) is 0 Å². The largest absolute Gasteiger partial charge is 0.759 e. The first-order valence-corrected chi connectivity index (χ1v) is 11.7. The summed E-state index contributed by atoms with van der Waals surface area (Å²) in [7, 11) is -5.17. The topological polar surface area (TPSA) is 97.9 Å². The van der Waals surface area contributed by atoms with Crippen LogP contribution in [-0.2, 0) is 36.6 Å². The van der Waals surface area contributed by atoms with Gasteiger partial charge in [0.25, 0.3) is 11.6 Å². The lowest BCUT2D eigenvalue weighted by molar-refractivity contribution is -0.702. The lowest BCUT2D eigenvalue weighted by Gasteiger charge is -2.06. The molecule has 9 heteroatoms. The molecule has 0 unspecified atom stereocenters. The summed E-state index contributed by atoms with van der Waals surface area (Å²) in [5, 5.41) is 0. The third-order valence-electron chi connectivity index (χ3n) is 4.37. The number of aryl methyl sites for hydroxylation is 4. The molecule has 0 amide bonds. The Hall–Kier alpha value is -1.71. The van der Waals surface area contributed by atoms with E-state index in [2.05, 4.69) is 84.6 Å². The Balaban J connectivity index is 0.000000442. The third kappa shape index (κ3) is 11.8. The summed E-state index contributed by atoms with van der Waals surface area (Å²) in [5.74, 6) is 2.75. The van der Waals surface area contributed by atoms with Gasteiger partial charge in [0.2, 0.25) is 0 Å². The number of rotatable bonds is 8. The maximum atomic E-state index is 8.52. The Bertz CT molecular complexity index is 690. The van der Waals surface area contributed by atoms with Gasteiger partial charge in [-0.2, -0.15) is 0 Å². The maximum Gasteiger partial charge on any atom is 0.253 e. The summed E-state index contributed by atoms with van der Waals surface area (Å²) in [4.78, 5) is 0. The SMILES string of the molecule is CCCn1cc[n+](CCC)c1C.CCCn1cc[n+](CCC)c1C.O=S(=O)([O-])[O-]. The van der Waals surface area contributed by atoms with E-state index in [4.69, 9.17) is 17.5 Å². The summed E-state index contributed by atoms with van der Waals surface area (Å²) >= 11 is 0. The molecular formula is C20H38N4O4S. The van der Waals surface area contributed by atoms with Crippen molar-refractivity contribution in [3.63, 3.8) is 0 Å². The van der Waals surface area contributed by atoms with Crippen molar-refractivity contribution in [1.29, 1.82) is 0 Å². The zero-order chi connectivity index (χ0) is 22.4. The molecule has 8 nitrogen and oxygen atoms in total. The molecule has 168 valence electrons. The van der Waals surface area contributed by atoms with Crippen LogP contribution in [0.2, 0.25) is 0 Å². The van der Waals surface area contributed by atoms with Crippen molar-refractivity contribution in [2.24, 2.45) is 0 Å². The highest BCUT2D eigenvalue weighted by Crippen LogP contribution is 1.96. The molecule has 2 rings (SSSR count). The molecule has 0 spiro atoms. The van der Waals surface area contributed by atoms with E-state index < -0.39 is 10.4 Å². The van der Waals surface area contributed by atoms with Crippen LogP contribution in [0.3, 0.4) is 0 Å². The van der Waals surface area contributed by atoms with E-state index in [1.54, 1.807) is 0 Å². The van der Waals surface area contributed by atoms with Gasteiger partial charge >= 0.3 is 0 Å². The summed E-state index contributed by atoms with van der Waals surface area (Å²) in [6.45, 7) is 17.8. The summed E-state index contributed by atoms with van der Waals surface area (Å²) < 4.78 is 43.3.